The summed E-state index contributed by atoms with van der Waals surface area (Å²) in [5.74, 6) is -0.00294. The van der Waals surface area contributed by atoms with Crippen LogP contribution in [0.3, 0.4) is 0 Å². The molecule has 8 nitrogen and oxygen atoms in total. The van der Waals surface area contributed by atoms with Crippen LogP contribution in [0.25, 0.3) is 0 Å². The Morgan fingerprint density at radius 2 is 1.90 bits per heavy atom. The van der Waals surface area contributed by atoms with Gasteiger partial charge < -0.3 is 0 Å². The lowest BCUT2D eigenvalue weighted by Crippen LogP contribution is -2.37. The number of hydrogen-bond donors (Lipinski definition) is 3. The predicted octanol–water partition coefficient (Wildman–Crippen LogP) is 1.69. The van der Waals surface area contributed by atoms with Crippen LogP contribution in [0.5, 0.6) is 0 Å². The molecule has 1 heterocycles. The molecule has 0 aliphatic carbocycles. The number of nitrogens with zero attached hydrogens (tertiary/aromatic N) is 1. The number of carbonyl (C=O) groups excluding carboxylic acids is 1. The molecular formula is C11H19N4O4PS. The third kappa shape index (κ3) is 7.03. The Hall–Kier alpha value is -0.960. The second-order valence-electron chi connectivity index (χ2n) is 3.58. The molecule has 21 heavy (non-hydrogen) atoms. The molecule has 3 N–H and O–H groups in total. The van der Waals surface area contributed by atoms with Gasteiger partial charge in [0.05, 0.1) is 19.1 Å². The van der Waals surface area contributed by atoms with Crippen molar-refractivity contribution in [3.8, 4) is 0 Å². The average Bonchev–Trinajstić information content (AvgIpc) is 2.48. The number of rotatable bonds is 10. The molecule has 0 saturated carbocycles. The average molecular weight is 334 g/mol. The maximum Gasteiger partial charge on any atom is 0.415 e. The highest BCUT2D eigenvalue weighted by Crippen LogP contribution is 2.45. The molecule has 0 spiro atoms. The number of pyridine rings is 1. The van der Waals surface area contributed by atoms with Crippen molar-refractivity contribution in [3.63, 3.8) is 0 Å². The minimum absolute atomic E-state index is 0.275. The first-order valence-electron chi connectivity index (χ1n) is 6.32. The Kier molecular flexibility index (Phi) is 8.51. The quantitative estimate of drug-likeness (QED) is 0.195. The van der Waals surface area contributed by atoms with E-state index in [9.17, 15) is 9.36 Å². The van der Waals surface area contributed by atoms with Crippen LogP contribution in [0.1, 0.15) is 24.2 Å². The summed E-state index contributed by atoms with van der Waals surface area (Å²) in [5.41, 5.74) is 5.68. The van der Waals surface area contributed by atoms with Crippen molar-refractivity contribution < 1.29 is 18.4 Å². The van der Waals surface area contributed by atoms with Gasteiger partial charge in [-0.3, -0.25) is 24.3 Å². The molecule has 0 fully saturated rings. The van der Waals surface area contributed by atoms with Gasteiger partial charge in [0.1, 0.15) is 0 Å². The largest absolute Gasteiger partial charge is 0.415 e. The summed E-state index contributed by atoms with van der Waals surface area (Å²) in [6.45, 7) is 4.00. The highest BCUT2D eigenvalue weighted by Gasteiger charge is 2.22. The molecule has 0 aliphatic heterocycles. The van der Waals surface area contributed by atoms with Crippen molar-refractivity contribution in [1.29, 1.82) is 0 Å². The second kappa shape index (κ2) is 9.88. The predicted molar refractivity (Wildman–Crippen MR) is 81.3 cm³/mol. The minimum atomic E-state index is -3.29. The molecule has 0 unspecified atom stereocenters. The fraction of sp³-hybridized carbons (Fsp3) is 0.455. The maximum atomic E-state index is 12.0. The van der Waals surface area contributed by atoms with Crippen LogP contribution in [0.2, 0.25) is 0 Å². The molecule has 1 aromatic rings. The molecule has 0 atom stereocenters. The summed E-state index contributed by atoms with van der Waals surface area (Å²) in [5, 5.41) is 0. The smallest absolute Gasteiger partial charge is 0.297 e. The topological polar surface area (TPSA) is 102 Å². The van der Waals surface area contributed by atoms with Crippen molar-refractivity contribution in [2.75, 3.05) is 19.1 Å². The molecule has 0 saturated heterocycles. The third-order valence-electron chi connectivity index (χ3n) is 2.06. The zero-order valence-electron chi connectivity index (χ0n) is 11.9. The number of aromatic nitrogens is 1. The van der Waals surface area contributed by atoms with E-state index < -0.39 is 7.75 Å². The summed E-state index contributed by atoms with van der Waals surface area (Å²) < 4.78 is 24.7. The molecule has 0 aromatic carbocycles. The second-order valence-corrected chi connectivity index (χ2v) is 6.40. The Morgan fingerprint density at radius 1 is 1.29 bits per heavy atom. The number of nitrogens with one attached hydrogen (secondary N) is 3. The summed E-state index contributed by atoms with van der Waals surface area (Å²) in [6.07, 6.45) is 3.07. The minimum Gasteiger partial charge on any atom is -0.297 e. The Balaban J connectivity index is 2.25. The highest BCUT2D eigenvalue weighted by atomic mass is 32.2. The Bertz CT molecular complexity index is 467. The molecule has 10 heteroatoms. The van der Waals surface area contributed by atoms with Crippen LogP contribution in [0.4, 0.5) is 0 Å². The summed E-state index contributed by atoms with van der Waals surface area (Å²) in [4.78, 5) is 15.5. The van der Waals surface area contributed by atoms with Crippen molar-refractivity contribution in [2.24, 2.45) is 0 Å². The fourth-order valence-electron chi connectivity index (χ4n) is 1.27. The molecule has 1 rings (SSSR count). The van der Waals surface area contributed by atoms with Gasteiger partial charge in [0.2, 0.25) is 0 Å². The normalized spacial score (nSPS) is 11.3. The van der Waals surface area contributed by atoms with E-state index in [0.29, 0.717) is 5.56 Å². The van der Waals surface area contributed by atoms with E-state index in [1.807, 2.05) is 0 Å². The molecule has 1 amide bonds. The van der Waals surface area contributed by atoms with Gasteiger partial charge in [0, 0.05) is 18.0 Å². The van der Waals surface area contributed by atoms with E-state index in [4.69, 9.17) is 9.05 Å². The van der Waals surface area contributed by atoms with Crippen LogP contribution >= 0.6 is 19.7 Å². The van der Waals surface area contributed by atoms with Crippen LogP contribution in [0.15, 0.2) is 24.5 Å². The first-order chi connectivity index (χ1) is 10.1. The van der Waals surface area contributed by atoms with Gasteiger partial charge in [-0.15, -0.1) is 0 Å². The molecule has 0 aliphatic rings. The zero-order chi connectivity index (χ0) is 15.6. The van der Waals surface area contributed by atoms with Crippen LogP contribution in [-0.4, -0.2) is 30.0 Å². The van der Waals surface area contributed by atoms with E-state index in [1.165, 1.54) is 12.4 Å². The van der Waals surface area contributed by atoms with Crippen molar-refractivity contribution in [3.05, 3.63) is 30.1 Å². The lowest BCUT2D eigenvalue weighted by Gasteiger charge is -2.17. The van der Waals surface area contributed by atoms with Gasteiger partial charge in [-0.2, -0.15) is 4.49 Å². The molecule has 1 aromatic heterocycles. The van der Waals surface area contributed by atoms with Gasteiger partial charge in [0.25, 0.3) is 5.91 Å². The van der Waals surface area contributed by atoms with Gasteiger partial charge in [-0.25, -0.2) is 9.99 Å². The van der Waals surface area contributed by atoms with Crippen molar-refractivity contribution in [2.45, 2.75) is 13.8 Å². The Morgan fingerprint density at radius 3 is 2.48 bits per heavy atom. The van der Waals surface area contributed by atoms with Gasteiger partial charge in [0.15, 0.2) is 0 Å². The standard InChI is InChI=1S/C11H19N4O4PS/c1-3-18-20(17,19-4-2)15-21-9-13-14-11(16)10-5-7-12-8-6-10/h5-8,13H,3-4,9H2,1-2H3,(H,14,16)(H,15,17). The van der Waals surface area contributed by atoms with E-state index in [-0.39, 0.29) is 25.0 Å². The maximum absolute atomic E-state index is 12.0. The van der Waals surface area contributed by atoms with Crippen LogP contribution in [-0.2, 0) is 13.6 Å². The van der Waals surface area contributed by atoms with Gasteiger partial charge >= 0.3 is 7.75 Å². The summed E-state index contributed by atoms with van der Waals surface area (Å²) in [6, 6.07) is 3.20. The fourth-order valence-corrected chi connectivity index (χ4v) is 3.48. The number of amides is 1. The SMILES string of the molecule is CCOP(=O)(NSCNNC(=O)c1ccncc1)OCC. The van der Waals surface area contributed by atoms with Crippen LogP contribution < -0.4 is 15.3 Å². The lowest BCUT2D eigenvalue weighted by atomic mass is 10.3. The molecular weight excluding hydrogens is 315 g/mol. The lowest BCUT2D eigenvalue weighted by molar-refractivity contribution is 0.0937. The van der Waals surface area contributed by atoms with E-state index in [2.05, 4.69) is 20.3 Å². The first-order valence-corrected chi connectivity index (χ1v) is 8.85. The molecule has 0 radical (unpaired) electrons. The zero-order valence-corrected chi connectivity index (χ0v) is 13.6. The number of hydrazine groups is 1. The van der Waals surface area contributed by atoms with Crippen molar-refractivity contribution >= 4 is 25.6 Å². The van der Waals surface area contributed by atoms with Gasteiger partial charge in [-0.05, 0) is 26.0 Å². The monoisotopic (exact) mass is 334 g/mol. The third-order valence-corrected chi connectivity index (χ3v) is 4.96. The van der Waals surface area contributed by atoms with Crippen LogP contribution in [0, 0.1) is 0 Å². The molecule has 0 bridgehead atoms. The van der Waals surface area contributed by atoms with E-state index in [1.54, 1.807) is 26.0 Å². The van der Waals surface area contributed by atoms with E-state index >= 15 is 0 Å². The molecule has 118 valence electrons. The van der Waals surface area contributed by atoms with Gasteiger partial charge in [-0.1, -0.05) is 11.9 Å². The Labute approximate surface area is 128 Å². The summed E-state index contributed by atoms with van der Waals surface area (Å²) in [7, 11) is -3.29. The number of carbonyl (C=O) groups is 1. The van der Waals surface area contributed by atoms with Crippen molar-refractivity contribution in [1.82, 2.24) is 20.3 Å². The highest BCUT2D eigenvalue weighted by molar-refractivity contribution is 8.01. The first kappa shape index (κ1) is 18.1. The van der Waals surface area contributed by atoms with E-state index in [0.717, 1.165) is 11.9 Å². The summed E-state index contributed by atoms with van der Waals surface area (Å²) >= 11 is 1.08. The number of hydrogen-bond acceptors (Lipinski definition) is 7.